The molecule has 2 amide bonds. The molecule has 1 saturated heterocycles. The quantitative estimate of drug-likeness (QED) is 0.447. The minimum atomic E-state index is -0.661. The highest BCUT2D eigenvalue weighted by Gasteiger charge is 2.33. The molecule has 39 heavy (non-hydrogen) atoms. The van der Waals surface area contributed by atoms with E-state index in [0.29, 0.717) is 54.3 Å². The number of nitrogens with zero attached hydrogens (tertiary/aromatic N) is 5. The number of carbonyl (C=O) groups excluding carboxylic acids is 2. The third-order valence-electron chi connectivity index (χ3n) is 6.58. The fraction of sp³-hybridized carbons (Fsp3) is 0.375. The smallest absolute Gasteiger partial charge is 0.414 e. The average molecular weight is 560 g/mol. The maximum Gasteiger partial charge on any atom is 0.414 e. The van der Waals surface area contributed by atoms with Crippen LogP contribution < -0.4 is 26.0 Å². The van der Waals surface area contributed by atoms with Crippen LogP contribution >= 0.6 is 12.2 Å². The maximum atomic E-state index is 15.3. The summed E-state index contributed by atoms with van der Waals surface area (Å²) in [5.74, 6) is -0.497. The van der Waals surface area contributed by atoms with Crippen LogP contribution in [0.3, 0.4) is 0 Å². The Morgan fingerprint density at radius 2 is 1.92 bits per heavy atom. The van der Waals surface area contributed by atoms with Crippen LogP contribution in [0.5, 0.6) is 0 Å². The van der Waals surface area contributed by atoms with Crippen LogP contribution in [0.15, 0.2) is 35.3 Å². The minimum Gasteiger partial charge on any atom is -0.474 e. The van der Waals surface area contributed by atoms with Crippen molar-refractivity contribution in [2.75, 3.05) is 55.5 Å². The zero-order chi connectivity index (χ0) is 27.7. The number of halogens is 1. The molecule has 206 valence electrons. The van der Waals surface area contributed by atoms with Gasteiger partial charge in [0.15, 0.2) is 5.65 Å². The van der Waals surface area contributed by atoms with Gasteiger partial charge in [-0.15, -0.1) is 0 Å². The summed E-state index contributed by atoms with van der Waals surface area (Å²) in [6, 6.07) is 6.14. The second-order valence-corrected chi connectivity index (χ2v) is 9.25. The summed E-state index contributed by atoms with van der Waals surface area (Å²) in [5, 5.41) is 5.90. The number of anilines is 3. The van der Waals surface area contributed by atoms with Crippen molar-refractivity contribution in [1.82, 2.24) is 19.7 Å². The molecule has 5 rings (SSSR count). The fourth-order valence-electron chi connectivity index (χ4n) is 4.68. The lowest BCUT2D eigenvalue weighted by Gasteiger charge is -2.23. The average Bonchev–Trinajstić information content (AvgIpc) is 3.33. The van der Waals surface area contributed by atoms with Crippen molar-refractivity contribution in [3.8, 4) is 0 Å². The van der Waals surface area contributed by atoms with Gasteiger partial charge >= 0.3 is 12.2 Å². The third kappa shape index (κ3) is 5.16. The first-order chi connectivity index (χ1) is 18.8. The van der Waals surface area contributed by atoms with E-state index in [2.05, 4.69) is 20.4 Å². The standard InChI is InChI=1S/C24H26FN7O6S/c1-36-22(34)28-14-9-17-20(26-11-14)31-7-5-29(6-8-32(31)21(17)33)19-4-3-15(10-18(19)25)30-13-16(38-24(30)35)12-27-23(39)37-2/h3-4,9-11,16H,5-8,12-13H2,1-2H3,(H,27,39)(H,28,34)/t16-/m0/s1. The molecule has 4 heterocycles. The molecule has 2 aliphatic rings. The number of methoxy groups -OCH3 is 2. The van der Waals surface area contributed by atoms with Gasteiger partial charge in [-0.2, -0.15) is 0 Å². The molecule has 1 atom stereocenters. The number of hydrogen-bond donors (Lipinski definition) is 2. The number of rotatable bonds is 5. The Kier molecular flexibility index (Phi) is 7.24. The number of cyclic esters (lactones) is 1. The number of nitrogens with one attached hydrogen (secondary N) is 2. The summed E-state index contributed by atoms with van der Waals surface area (Å²) in [5.41, 5.74) is 1.29. The summed E-state index contributed by atoms with van der Waals surface area (Å²) < 4.78 is 33.4. The number of fused-ring (bicyclic) bond motifs is 3. The second-order valence-electron chi connectivity index (χ2n) is 8.87. The Hall–Kier alpha value is -4.40. The Balaban J connectivity index is 1.30. The molecule has 0 aliphatic carbocycles. The summed E-state index contributed by atoms with van der Waals surface area (Å²) in [6.07, 6.45) is -0.257. The molecule has 2 N–H and O–H groups in total. The number of pyridine rings is 1. The number of carbonyl (C=O) groups is 2. The topological polar surface area (TPSA) is 132 Å². The fourth-order valence-corrected chi connectivity index (χ4v) is 4.76. The monoisotopic (exact) mass is 559 g/mol. The number of thiocarbonyl (C=S) groups is 1. The van der Waals surface area contributed by atoms with Crippen LogP contribution in [0.25, 0.3) is 11.0 Å². The van der Waals surface area contributed by atoms with E-state index in [9.17, 15) is 14.4 Å². The second kappa shape index (κ2) is 10.8. The van der Waals surface area contributed by atoms with E-state index in [-0.39, 0.29) is 23.8 Å². The van der Waals surface area contributed by atoms with E-state index in [1.807, 2.05) is 4.90 Å². The molecule has 0 bridgehead atoms. The summed E-state index contributed by atoms with van der Waals surface area (Å²) in [7, 11) is 2.68. The van der Waals surface area contributed by atoms with Gasteiger partial charge in [-0.25, -0.2) is 23.6 Å². The molecule has 0 spiro atoms. The Bertz CT molecular complexity index is 1510. The van der Waals surface area contributed by atoms with E-state index in [1.54, 1.807) is 27.6 Å². The molecule has 2 aliphatic heterocycles. The number of amides is 2. The summed E-state index contributed by atoms with van der Waals surface area (Å²) >= 11 is 4.93. The van der Waals surface area contributed by atoms with Gasteiger partial charge in [0, 0.05) is 13.1 Å². The molecule has 2 aromatic heterocycles. The highest BCUT2D eigenvalue weighted by molar-refractivity contribution is 7.80. The Labute approximate surface area is 227 Å². The number of benzene rings is 1. The van der Waals surface area contributed by atoms with Crippen LogP contribution in [0.1, 0.15) is 0 Å². The van der Waals surface area contributed by atoms with Crippen LogP contribution in [0.4, 0.5) is 31.0 Å². The molecular weight excluding hydrogens is 533 g/mol. The SMILES string of the molecule is COC(=O)Nc1cnc2c(c1)c(=O)n1n2CCN(c2ccc(N3C[C@H](CNC(=S)OC)OC3=O)cc2F)CC1. The highest BCUT2D eigenvalue weighted by atomic mass is 32.1. The van der Waals surface area contributed by atoms with Gasteiger partial charge in [0.2, 0.25) is 0 Å². The predicted octanol–water partition coefficient (Wildman–Crippen LogP) is 1.88. The van der Waals surface area contributed by atoms with Gasteiger partial charge in [-0.1, -0.05) is 0 Å². The first kappa shape index (κ1) is 26.2. The van der Waals surface area contributed by atoms with Gasteiger partial charge < -0.3 is 24.4 Å². The van der Waals surface area contributed by atoms with Crippen molar-refractivity contribution < 1.29 is 28.2 Å². The van der Waals surface area contributed by atoms with Crippen LogP contribution in [-0.2, 0) is 27.3 Å². The van der Waals surface area contributed by atoms with Crippen LogP contribution in [0.2, 0.25) is 0 Å². The molecule has 0 unspecified atom stereocenters. The zero-order valence-electron chi connectivity index (χ0n) is 21.2. The molecule has 0 radical (unpaired) electrons. The molecule has 13 nitrogen and oxygen atoms in total. The van der Waals surface area contributed by atoms with Crippen LogP contribution in [-0.4, -0.2) is 78.2 Å². The first-order valence-electron chi connectivity index (χ1n) is 12.1. The van der Waals surface area contributed by atoms with Crippen LogP contribution in [0, 0.1) is 5.82 Å². The molecule has 1 fully saturated rings. The molecular formula is C24H26FN7O6S. The first-order valence-corrected chi connectivity index (χ1v) is 12.5. The van der Waals surface area contributed by atoms with E-state index in [4.69, 9.17) is 21.7 Å². The lowest BCUT2D eigenvalue weighted by atomic mass is 10.2. The lowest BCUT2D eigenvalue weighted by Crippen LogP contribution is -2.34. The molecule has 1 aromatic carbocycles. The largest absolute Gasteiger partial charge is 0.474 e. The molecule has 3 aromatic rings. The number of hydrogen-bond acceptors (Lipinski definition) is 9. The summed E-state index contributed by atoms with van der Waals surface area (Å²) in [6.45, 7) is 1.98. The lowest BCUT2D eigenvalue weighted by molar-refractivity contribution is 0.142. The van der Waals surface area contributed by atoms with E-state index < -0.39 is 24.1 Å². The summed E-state index contributed by atoms with van der Waals surface area (Å²) in [4.78, 5) is 44.6. The number of aromatic nitrogens is 3. The number of ether oxygens (including phenoxy) is 3. The van der Waals surface area contributed by atoms with Crippen molar-refractivity contribution in [1.29, 1.82) is 0 Å². The molecule has 15 heteroatoms. The third-order valence-corrected chi connectivity index (χ3v) is 6.89. The maximum absolute atomic E-state index is 15.3. The van der Waals surface area contributed by atoms with Crippen molar-refractivity contribution in [2.45, 2.75) is 19.2 Å². The van der Waals surface area contributed by atoms with E-state index in [0.717, 1.165) is 0 Å². The van der Waals surface area contributed by atoms with Crippen molar-refractivity contribution in [3.05, 3.63) is 46.6 Å². The van der Waals surface area contributed by atoms with E-state index in [1.165, 1.54) is 31.4 Å². The zero-order valence-corrected chi connectivity index (χ0v) is 22.0. The Morgan fingerprint density at radius 3 is 2.64 bits per heavy atom. The van der Waals surface area contributed by atoms with Gasteiger partial charge in [0.05, 0.1) is 69.0 Å². The van der Waals surface area contributed by atoms with Gasteiger partial charge in [0.25, 0.3) is 10.7 Å². The van der Waals surface area contributed by atoms with Crippen molar-refractivity contribution in [3.63, 3.8) is 0 Å². The van der Waals surface area contributed by atoms with Crippen molar-refractivity contribution in [2.24, 2.45) is 0 Å². The normalized spacial score (nSPS) is 16.9. The van der Waals surface area contributed by atoms with Gasteiger partial charge in [0.1, 0.15) is 11.9 Å². The molecule has 0 saturated carbocycles. The van der Waals surface area contributed by atoms with Gasteiger partial charge in [-0.05, 0) is 36.5 Å². The highest BCUT2D eigenvalue weighted by Crippen LogP contribution is 2.29. The van der Waals surface area contributed by atoms with Gasteiger partial charge in [-0.3, -0.25) is 19.7 Å². The Morgan fingerprint density at radius 1 is 1.15 bits per heavy atom. The minimum absolute atomic E-state index is 0.190. The predicted molar refractivity (Wildman–Crippen MR) is 144 cm³/mol. The van der Waals surface area contributed by atoms with E-state index >= 15 is 4.39 Å². The van der Waals surface area contributed by atoms with Crippen molar-refractivity contribution >= 4 is 57.7 Å².